The second kappa shape index (κ2) is 8.68. The molecule has 0 spiro atoms. The van der Waals surface area contributed by atoms with E-state index in [1.54, 1.807) is 0 Å². The Balaban J connectivity index is 1.30. The van der Waals surface area contributed by atoms with Gasteiger partial charge in [0.25, 0.3) is 0 Å². The fourth-order valence-electron chi connectivity index (χ4n) is 4.06. The number of carbonyl (C=O) groups excluding carboxylic acids is 1. The Morgan fingerprint density at radius 3 is 2.82 bits per heavy atom. The Morgan fingerprint density at radius 2 is 2.00 bits per heavy atom. The number of likely N-dealkylation sites (tertiary alicyclic amines) is 1. The summed E-state index contributed by atoms with van der Waals surface area (Å²) in [7, 11) is 0. The van der Waals surface area contributed by atoms with Crippen LogP contribution in [-0.4, -0.2) is 41.2 Å². The molecule has 3 heterocycles. The van der Waals surface area contributed by atoms with Gasteiger partial charge in [-0.25, -0.2) is 15.6 Å². The van der Waals surface area contributed by atoms with Crippen LogP contribution in [0.15, 0.2) is 48.8 Å². The van der Waals surface area contributed by atoms with Gasteiger partial charge in [-0.2, -0.15) is 0 Å². The maximum Gasteiger partial charge on any atom is 0.319 e. The summed E-state index contributed by atoms with van der Waals surface area (Å²) in [4.78, 5) is 18.9. The minimum Gasteiger partial charge on any atom is -0.334 e. The highest BCUT2D eigenvalue weighted by atomic mass is 16.2. The number of carbonyl (C=O) groups is 1. The molecule has 0 aliphatic carbocycles. The van der Waals surface area contributed by atoms with E-state index in [1.807, 2.05) is 43.6 Å². The molecule has 3 atom stereocenters. The number of amides is 2. The number of aryl methyl sites for hydroxylation is 1. The maximum atomic E-state index is 12.4. The number of hydrogen-bond acceptors (Lipinski definition) is 5. The number of nitrogens with zero attached hydrogens (tertiary/aromatic N) is 2. The van der Waals surface area contributed by atoms with Crippen LogP contribution in [0.4, 0.5) is 10.5 Å². The molecule has 7 nitrogen and oxygen atoms in total. The smallest absolute Gasteiger partial charge is 0.319 e. The van der Waals surface area contributed by atoms with Gasteiger partial charge in [-0.15, -0.1) is 0 Å². The van der Waals surface area contributed by atoms with E-state index < -0.39 is 0 Å². The zero-order valence-electron chi connectivity index (χ0n) is 16.2. The Morgan fingerprint density at radius 1 is 1.18 bits per heavy atom. The molecule has 0 bridgehead atoms. The molecule has 2 fully saturated rings. The number of nitrogens with one attached hydrogen (secondary N) is 4. The summed E-state index contributed by atoms with van der Waals surface area (Å²) in [5, 5.41) is 6.11. The lowest BCUT2D eigenvalue weighted by atomic mass is 10.0. The van der Waals surface area contributed by atoms with Gasteiger partial charge in [0.15, 0.2) is 0 Å². The van der Waals surface area contributed by atoms with Gasteiger partial charge < -0.3 is 10.6 Å². The van der Waals surface area contributed by atoms with Crippen molar-refractivity contribution in [3.05, 3.63) is 59.9 Å². The van der Waals surface area contributed by atoms with Crippen LogP contribution in [0.3, 0.4) is 0 Å². The molecule has 2 aromatic rings. The average molecular weight is 380 g/mol. The molecule has 4 rings (SSSR count). The quantitative estimate of drug-likeness (QED) is 0.655. The number of piperidine rings is 1. The number of urea groups is 1. The van der Waals surface area contributed by atoms with Gasteiger partial charge in [0, 0.05) is 36.7 Å². The summed E-state index contributed by atoms with van der Waals surface area (Å²) in [5.41, 5.74) is 9.98. The Labute approximate surface area is 165 Å². The normalized spacial score (nSPS) is 25.4. The predicted octanol–water partition coefficient (Wildman–Crippen LogP) is 2.54. The van der Waals surface area contributed by atoms with Crippen molar-refractivity contribution in [1.82, 2.24) is 26.1 Å². The van der Waals surface area contributed by atoms with Crippen LogP contribution >= 0.6 is 0 Å². The molecule has 4 N–H and O–H groups in total. The van der Waals surface area contributed by atoms with Crippen molar-refractivity contribution in [3.63, 3.8) is 0 Å². The molecule has 2 aliphatic rings. The summed E-state index contributed by atoms with van der Waals surface area (Å²) in [6.45, 7) is 3.89. The van der Waals surface area contributed by atoms with Gasteiger partial charge in [-0.05, 0) is 62.1 Å². The SMILES string of the molecule is Cc1ccccc1NC(=O)NC1CCCN(C2CC(c3ccncc3)NN2)C1. The van der Waals surface area contributed by atoms with Crippen LogP contribution in [0.2, 0.25) is 0 Å². The molecule has 3 unspecified atom stereocenters. The van der Waals surface area contributed by atoms with Crippen molar-refractivity contribution >= 4 is 11.7 Å². The van der Waals surface area contributed by atoms with E-state index in [9.17, 15) is 4.79 Å². The van der Waals surface area contributed by atoms with Crippen molar-refractivity contribution in [2.75, 3.05) is 18.4 Å². The molecular formula is C21H28N6O. The summed E-state index contributed by atoms with van der Waals surface area (Å²) in [6, 6.07) is 12.2. The minimum absolute atomic E-state index is 0.131. The van der Waals surface area contributed by atoms with E-state index >= 15 is 0 Å². The third-order valence-corrected chi connectivity index (χ3v) is 5.61. The molecule has 2 saturated heterocycles. The fraction of sp³-hybridized carbons (Fsp3) is 0.429. The Bertz CT molecular complexity index is 798. The molecule has 1 aromatic heterocycles. The highest BCUT2D eigenvalue weighted by Crippen LogP contribution is 2.25. The van der Waals surface area contributed by atoms with Gasteiger partial charge in [0.2, 0.25) is 0 Å². The minimum atomic E-state index is -0.131. The molecule has 7 heteroatoms. The van der Waals surface area contributed by atoms with Crippen molar-refractivity contribution in [2.24, 2.45) is 0 Å². The fourth-order valence-corrected chi connectivity index (χ4v) is 4.06. The molecule has 28 heavy (non-hydrogen) atoms. The molecule has 148 valence electrons. The predicted molar refractivity (Wildman–Crippen MR) is 110 cm³/mol. The van der Waals surface area contributed by atoms with Crippen LogP contribution in [0.5, 0.6) is 0 Å². The number of para-hydroxylation sites is 1. The van der Waals surface area contributed by atoms with Crippen LogP contribution in [-0.2, 0) is 0 Å². The third kappa shape index (κ3) is 4.49. The van der Waals surface area contributed by atoms with Crippen LogP contribution in [0, 0.1) is 6.92 Å². The van der Waals surface area contributed by atoms with Crippen LogP contribution < -0.4 is 21.5 Å². The topological polar surface area (TPSA) is 81.3 Å². The molecular weight excluding hydrogens is 352 g/mol. The first-order valence-electron chi connectivity index (χ1n) is 9.97. The number of rotatable bonds is 4. The van der Waals surface area contributed by atoms with Crippen molar-refractivity contribution in [1.29, 1.82) is 0 Å². The first-order chi connectivity index (χ1) is 13.7. The van der Waals surface area contributed by atoms with Gasteiger partial charge in [-0.1, -0.05) is 18.2 Å². The number of benzene rings is 1. The molecule has 0 radical (unpaired) electrons. The highest BCUT2D eigenvalue weighted by Gasteiger charge is 2.32. The monoisotopic (exact) mass is 380 g/mol. The number of hydrogen-bond donors (Lipinski definition) is 4. The third-order valence-electron chi connectivity index (χ3n) is 5.61. The van der Waals surface area contributed by atoms with Crippen LogP contribution in [0.25, 0.3) is 0 Å². The average Bonchev–Trinajstić information content (AvgIpc) is 3.21. The number of hydrazine groups is 1. The van der Waals surface area contributed by atoms with E-state index in [-0.39, 0.29) is 24.3 Å². The van der Waals surface area contributed by atoms with Gasteiger partial charge >= 0.3 is 6.03 Å². The lowest BCUT2D eigenvalue weighted by Crippen LogP contribution is -2.54. The summed E-state index contributed by atoms with van der Waals surface area (Å²) < 4.78 is 0. The first-order valence-corrected chi connectivity index (χ1v) is 9.97. The molecule has 0 saturated carbocycles. The number of aromatic nitrogens is 1. The van der Waals surface area contributed by atoms with E-state index in [1.165, 1.54) is 5.56 Å². The zero-order chi connectivity index (χ0) is 19.3. The summed E-state index contributed by atoms with van der Waals surface area (Å²) >= 11 is 0. The lowest BCUT2D eigenvalue weighted by molar-refractivity contribution is 0.125. The van der Waals surface area contributed by atoms with Crippen LogP contribution in [0.1, 0.15) is 36.4 Å². The Kier molecular flexibility index (Phi) is 5.85. The van der Waals surface area contributed by atoms with E-state index in [0.717, 1.165) is 43.6 Å². The molecule has 2 aliphatic heterocycles. The van der Waals surface area contributed by atoms with E-state index in [4.69, 9.17) is 0 Å². The number of pyridine rings is 1. The summed E-state index contributed by atoms with van der Waals surface area (Å²) in [5.74, 6) is 0. The standard InChI is InChI=1S/C21H28N6O/c1-15-5-2-3-7-18(15)24-21(28)23-17-6-4-12-27(14-17)20-13-19(25-26-20)16-8-10-22-11-9-16/h2-3,5,7-11,17,19-20,25-26H,4,6,12-14H2,1H3,(H2,23,24,28). The Hall–Kier alpha value is -2.48. The maximum absolute atomic E-state index is 12.4. The van der Waals surface area contributed by atoms with Crippen molar-refractivity contribution < 1.29 is 4.79 Å². The van der Waals surface area contributed by atoms with Crippen molar-refractivity contribution in [3.8, 4) is 0 Å². The second-order valence-corrected chi connectivity index (χ2v) is 7.62. The second-order valence-electron chi connectivity index (χ2n) is 7.62. The van der Waals surface area contributed by atoms with Crippen molar-refractivity contribution in [2.45, 2.75) is 44.4 Å². The van der Waals surface area contributed by atoms with Gasteiger partial charge in [0.1, 0.15) is 0 Å². The van der Waals surface area contributed by atoms with E-state index in [0.29, 0.717) is 0 Å². The van der Waals surface area contributed by atoms with Gasteiger partial charge in [-0.3, -0.25) is 9.88 Å². The highest BCUT2D eigenvalue weighted by molar-refractivity contribution is 5.90. The van der Waals surface area contributed by atoms with Gasteiger partial charge in [0.05, 0.1) is 6.17 Å². The first kappa shape index (κ1) is 18.9. The molecule has 2 amide bonds. The summed E-state index contributed by atoms with van der Waals surface area (Å²) in [6.07, 6.45) is 7.00. The number of anilines is 1. The molecule has 1 aromatic carbocycles. The lowest BCUT2D eigenvalue weighted by Gasteiger charge is -2.36. The van der Waals surface area contributed by atoms with E-state index in [2.05, 4.69) is 43.5 Å². The largest absolute Gasteiger partial charge is 0.334 e. The zero-order valence-corrected chi connectivity index (χ0v) is 16.2.